The average molecular weight is 328 g/mol. The standard InChI is InChI=1S/C19H21FN2O2/c1-13(11-18(21)23)19(24)22-17(12-14-7-3-2-4-8-14)15-9-5-6-10-16(15)20/h2-10,13,17H,11-12H2,1H3,(H2,21,23)(H,22,24)/t13-,17+/m0/s1. The molecule has 2 amide bonds. The monoisotopic (exact) mass is 328 g/mol. The fraction of sp³-hybridized carbons (Fsp3) is 0.263. The van der Waals surface area contributed by atoms with Crippen molar-refractivity contribution in [1.29, 1.82) is 0 Å². The van der Waals surface area contributed by atoms with Crippen LogP contribution in [0.15, 0.2) is 54.6 Å². The Bertz CT molecular complexity index is 704. The fourth-order valence-electron chi connectivity index (χ4n) is 2.55. The number of amides is 2. The molecule has 0 unspecified atom stereocenters. The molecule has 2 aromatic carbocycles. The Morgan fingerprint density at radius 1 is 1.08 bits per heavy atom. The molecular formula is C19H21FN2O2. The van der Waals surface area contributed by atoms with Crippen LogP contribution in [0.3, 0.4) is 0 Å². The van der Waals surface area contributed by atoms with Crippen molar-refractivity contribution < 1.29 is 14.0 Å². The van der Waals surface area contributed by atoms with E-state index in [4.69, 9.17) is 5.73 Å². The van der Waals surface area contributed by atoms with Crippen molar-refractivity contribution in [2.45, 2.75) is 25.8 Å². The van der Waals surface area contributed by atoms with Gasteiger partial charge in [-0.3, -0.25) is 9.59 Å². The number of primary amides is 1. The molecule has 2 atom stereocenters. The highest BCUT2D eigenvalue weighted by Gasteiger charge is 2.22. The second-order valence-corrected chi connectivity index (χ2v) is 5.84. The van der Waals surface area contributed by atoms with Crippen molar-refractivity contribution in [3.05, 3.63) is 71.5 Å². The molecule has 2 aromatic rings. The molecule has 0 aromatic heterocycles. The third kappa shape index (κ3) is 4.91. The molecule has 4 nitrogen and oxygen atoms in total. The minimum absolute atomic E-state index is 0.0405. The van der Waals surface area contributed by atoms with Crippen molar-refractivity contribution in [2.24, 2.45) is 11.7 Å². The van der Waals surface area contributed by atoms with Crippen molar-refractivity contribution in [1.82, 2.24) is 5.32 Å². The molecule has 0 spiro atoms. The zero-order valence-corrected chi connectivity index (χ0v) is 13.5. The van der Waals surface area contributed by atoms with E-state index < -0.39 is 17.9 Å². The topological polar surface area (TPSA) is 72.2 Å². The summed E-state index contributed by atoms with van der Waals surface area (Å²) in [6.07, 6.45) is 0.415. The van der Waals surface area contributed by atoms with E-state index in [1.807, 2.05) is 30.3 Å². The van der Waals surface area contributed by atoms with Gasteiger partial charge in [-0.15, -0.1) is 0 Å². The molecule has 0 saturated carbocycles. The van der Waals surface area contributed by atoms with Gasteiger partial charge in [0.15, 0.2) is 0 Å². The quantitative estimate of drug-likeness (QED) is 0.820. The third-order valence-corrected chi connectivity index (χ3v) is 3.83. The van der Waals surface area contributed by atoms with Gasteiger partial charge in [-0.1, -0.05) is 55.5 Å². The minimum atomic E-state index is -0.562. The molecule has 0 saturated heterocycles. The van der Waals surface area contributed by atoms with E-state index in [1.54, 1.807) is 25.1 Å². The molecule has 2 rings (SSSR count). The zero-order valence-electron chi connectivity index (χ0n) is 13.5. The van der Waals surface area contributed by atoms with Crippen LogP contribution in [0.5, 0.6) is 0 Å². The van der Waals surface area contributed by atoms with Gasteiger partial charge in [0, 0.05) is 17.9 Å². The Kier molecular flexibility index (Phi) is 6.07. The molecule has 24 heavy (non-hydrogen) atoms. The van der Waals surface area contributed by atoms with Gasteiger partial charge in [0.25, 0.3) is 0 Å². The van der Waals surface area contributed by atoms with Crippen molar-refractivity contribution >= 4 is 11.8 Å². The Morgan fingerprint density at radius 2 is 1.71 bits per heavy atom. The van der Waals surface area contributed by atoms with Crippen LogP contribution in [0.1, 0.15) is 30.5 Å². The summed E-state index contributed by atoms with van der Waals surface area (Å²) in [5, 5.41) is 2.84. The van der Waals surface area contributed by atoms with Crippen LogP contribution >= 0.6 is 0 Å². The first kappa shape index (κ1) is 17.7. The molecule has 0 fully saturated rings. The highest BCUT2D eigenvalue weighted by Crippen LogP contribution is 2.22. The Morgan fingerprint density at radius 3 is 2.33 bits per heavy atom. The number of halogens is 1. The van der Waals surface area contributed by atoms with Gasteiger partial charge in [-0.2, -0.15) is 0 Å². The summed E-state index contributed by atoms with van der Waals surface area (Å²) in [5.41, 5.74) is 6.54. The van der Waals surface area contributed by atoms with Crippen molar-refractivity contribution in [3.8, 4) is 0 Å². The van der Waals surface area contributed by atoms with E-state index in [1.165, 1.54) is 6.07 Å². The SMILES string of the molecule is C[C@@H](CC(N)=O)C(=O)N[C@H](Cc1ccccc1)c1ccccc1F. The molecular weight excluding hydrogens is 307 g/mol. The molecule has 0 bridgehead atoms. The molecule has 3 N–H and O–H groups in total. The number of nitrogens with one attached hydrogen (secondary N) is 1. The van der Waals surface area contributed by atoms with E-state index >= 15 is 0 Å². The second-order valence-electron chi connectivity index (χ2n) is 5.84. The third-order valence-electron chi connectivity index (χ3n) is 3.83. The van der Waals surface area contributed by atoms with Crippen LogP contribution in [0.2, 0.25) is 0 Å². The predicted molar refractivity (Wildman–Crippen MR) is 90.4 cm³/mol. The fourth-order valence-corrected chi connectivity index (χ4v) is 2.55. The van der Waals surface area contributed by atoms with Crippen LogP contribution in [-0.2, 0) is 16.0 Å². The lowest BCUT2D eigenvalue weighted by atomic mass is 9.97. The van der Waals surface area contributed by atoms with Crippen LogP contribution in [0.4, 0.5) is 4.39 Å². The smallest absolute Gasteiger partial charge is 0.223 e. The summed E-state index contributed by atoms with van der Waals surface area (Å²) >= 11 is 0. The van der Waals surface area contributed by atoms with Gasteiger partial charge >= 0.3 is 0 Å². The number of rotatable bonds is 7. The predicted octanol–water partition coefficient (Wildman–Crippen LogP) is 2.74. The molecule has 5 heteroatoms. The number of hydrogen-bond donors (Lipinski definition) is 2. The highest BCUT2D eigenvalue weighted by molar-refractivity contribution is 5.85. The first-order chi connectivity index (χ1) is 11.5. The van der Waals surface area contributed by atoms with E-state index in [9.17, 15) is 14.0 Å². The van der Waals surface area contributed by atoms with Gasteiger partial charge in [0.05, 0.1) is 6.04 Å². The van der Waals surface area contributed by atoms with Gasteiger partial charge < -0.3 is 11.1 Å². The summed E-state index contributed by atoms with van der Waals surface area (Å²) < 4.78 is 14.2. The zero-order chi connectivity index (χ0) is 17.5. The first-order valence-electron chi connectivity index (χ1n) is 7.84. The maximum atomic E-state index is 14.2. The van der Waals surface area contributed by atoms with E-state index in [0.717, 1.165) is 5.56 Å². The van der Waals surface area contributed by atoms with Gasteiger partial charge in [-0.25, -0.2) is 4.39 Å². The highest BCUT2D eigenvalue weighted by atomic mass is 19.1. The molecule has 0 aliphatic heterocycles. The molecule has 126 valence electrons. The van der Waals surface area contributed by atoms with Crippen LogP contribution in [0, 0.1) is 11.7 Å². The van der Waals surface area contributed by atoms with Gasteiger partial charge in [0.1, 0.15) is 5.82 Å². The maximum absolute atomic E-state index is 14.2. The second kappa shape index (κ2) is 8.24. The minimum Gasteiger partial charge on any atom is -0.370 e. The largest absolute Gasteiger partial charge is 0.370 e. The molecule has 0 aliphatic carbocycles. The first-order valence-corrected chi connectivity index (χ1v) is 7.84. The van der Waals surface area contributed by atoms with E-state index in [2.05, 4.69) is 5.32 Å². The Labute approximate surface area is 140 Å². The van der Waals surface area contributed by atoms with Crippen LogP contribution < -0.4 is 11.1 Å². The Hall–Kier alpha value is -2.69. The lowest BCUT2D eigenvalue weighted by Crippen LogP contribution is -2.36. The average Bonchev–Trinajstić information content (AvgIpc) is 2.55. The molecule has 0 aliphatic rings. The summed E-state index contributed by atoms with van der Waals surface area (Å²) in [4.78, 5) is 23.3. The number of benzene rings is 2. The van der Waals surface area contributed by atoms with Crippen molar-refractivity contribution in [2.75, 3.05) is 0 Å². The summed E-state index contributed by atoms with van der Waals surface area (Å²) in [6.45, 7) is 1.63. The number of carbonyl (C=O) groups excluding carboxylic acids is 2. The van der Waals surface area contributed by atoms with E-state index in [-0.39, 0.29) is 18.1 Å². The van der Waals surface area contributed by atoms with Gasteiger partial charge in [-0.05, 0) is 18.1 Å². The van der Waals surface area contributed by atoms with Crippen LogP contribution in [0.25, 0.3) is 0 Å². The van der Waals surface area contributed by atoms with Crippen LogP contribution in [-0.4, -0.2) is 11.8 Å². The lowest BCUT2D eigenvalue weighted by Gasteiger charge is -2.22. The summed E-state index contributed by atoms with van der Waals surface area (Å²) in [6, 6.07) is 15.4. The molecule has 0 heterocycles. The van der Waals surface area contributed by atoms with Gasteiger partial charge in [0.2, 0.25) is 11.8 Å². The Balaban J connectivity index is 2.21. The summed E-state index contributed by atoms with van der Waals surface area (Å²) in [7, 11) is 0. The van der Waals surface area contributed by atoms with Crippen molar-refractivity contribution in [3.63, 3.8) is 0 Å². The number of hydrogen-bond acceptors (Lipinski definition) is 2. The number of carbonyl (C=O) groups is 2. The normalized spacial score (nSPS) is 13.1. The summed E-state index contributed by atoms with van der Waals surface area (Å²) in [5.74, 6) is -1.80. The lowest BCUT2D eigenvalue weighted by molar-refractivity contribution is -0.129. The number of nitrogens with two attached hydrogens (primary N) is 1. The molecule has 0 radical (unpaired) electrons. The van der Waals surface area contributed by atoms with E-state index in [0.29, 0.717) is 12.0 Å². The maximum Gasteiger partial charge on any atom is 0.223 e.